The van der Waals surface area contributed by atoms with E-state index in [9.17, 15) is 0 Å². The molecule has 5 fully saturated rings. The molecule has 0 N–H and O–H groups in total. The quantitative estimate of drug-likeness (QED) is 0.361. The third-order valence-electron chi connectivity index (χ3n) is 11.1. The Morgan fingerprint density at radius 1 is 0.516 bits per heavy atom. The Morgan fingerprint density at radius 2 is 0.935 bits per heavy atom. The van der Waals surface area contributed by atoms with Gasteiger partial charge in [0.15, 0.2) is 0 Å². The first-order valence-electron chi connectivity index (χ1n) is 12.8. The molecule has 3 heteroatoms. The van der Waals surface area contributed by atoms with Crippen LogP contribution in [0, 0.1) is 46.3 Å². The van der Waals surface area contributed by atoms with Crippen LogP contribution in [-0.4, -0.2) is 0 Å². The van der Waals surface area contributed by atoms with Crippen molar-refractivity contribution in [2.45, 2.75) is 71.6 Å². The van der Waals surface area contributed by atoms with E-state index in [1.165, 1.54) is 12.8 Å². The molecule has 10 atom stereocenters. The third-order valence-corrected chi connectivity index (χ3v) is 20.6. The van der Waals surface area contributed by atoms with Crippen LogP contribution in [0.1, 0.15) is 64.2 Å². The summed E-state index contributed by atoms with van der Waals surface area (Å²) in [5, 5.41) is 0. The average molecular weight is 622 g/mol. The van der Waals surface area contributed by atoms with Gasteiger partial charge in [0, 0.05) is 0 Å². The van der Waals surface area contributed by atoms with Crippen molar-refractivity contribution < 1.29 is 47.7 Å². The first-order chi connectivity index (χ1) is 14.3. The molecule has 1 aliphatic heterocycles. The van der Waals surface area contributed by atoms with Crippen LogP contribution in [0.2, 0.25) is 7.35 Å². The number of rotatable bonds is 0. The Balaban J connectivity index is 0.00000102. The maximum absolute atomic E-state index is 2.71. The van der Waals surface area contributed by atoms with E-state index in [-0.39, 0.29) is 24.8 Å². The molecule has 7 rings (SSSR count). The van der Waals surface area contributed by atoms with Crippen molar-refractivity contribution in [2.24, 2.45) is 46.3 Å². The van der Waals surface area contributed by atoms with E-state index in [4.69, 9.17) is 0 Å². The fraction of sp³-hybridized carbons (Fsp3) is 0.714. The van der Waals surface area contributed by atoms with Crippen LogP contribution in [0.5, 0.6) is 0 Å². The fourth-order valence-corrected chi connectivity index (χ4v) is 21.6. The van der Waals surface area contributed by atoms with Gasteiger partial charge in [0.2, 0.25) is 0 Å². The summed E-state index contributed by atoms with van der Waals surface area (Å²) in [5.41, 5.74) is 1.53. The van der Waals surface area contributed by atoms with Crippen LogP contribution < -0.4 is 24.8 Å². The standard InChI is InChI=1S/C28H36.2ClH.Hf/c1-3-11-23-21(9-1)19-27(15-7-5-13-25(23)27)17-18-28-16-8-6-14-26(28)24-12-4-2-10-22(24)20-28;;;/h1-4,9-12,19-26H,5-8,13-18H2;2*1H;/q;;;+2/p-2. The Morgan fingerprint density at radius 3 is 1.39 bits per heavy atom. The summed E-state index contributed by atoms with van der Waals surface area (Å²) in [6.07, 6.45) is 36.1. The molecule has 0 aromatic heterocycles. The van der Waals surface area contributed by atoms with Crippen molar-refractivity contribution in [1.29, 1.82) is 0 Å². The molecule has 166 valence electrons. The summed E-state index contributed by atoms with van der Waals surface area (Å²) < 4.78 is 2.31. The predicted molar refractivity (Wildman–Crippen MR) is 116 cm³/mol. The Kier molecular flexibility index (Phi) is 6.40. The first kappa shape index (κ1) is 23.2. The molecular formula is C28H36Cl2Hf. The molecule has 10 unspecified atom stereocenters. The van der Waals surface area contributed by atoms with Crippen molar-refractivity contribution in [2.75, 3.05) is 0 Å². The molecule has 31 heavy (non-hydrogen) atoms. The van der Waals surface area contributed by atoms with Crippen LogP contribution in [0.3, 0.4) is 0 Å². The van der Waals surface area contributed by atoms with Gasteiger partial charge in [0.05, 0.1) is 0 Å². The minimum atomic E-state index is -0.786. The van der Waals surface area contributed by atoms with Crippen molar-refractivity contribution >= 4 is 0 Å². The van der Waals surface area contributed by atoms with E-state index < -0.39 is 22.9 Å². The number of hydrogen-bond acceptors (Lipinski definition) is 0. The number of fused-ring (bicyclic) bond motifs is 6. The monoisotopic (exact) mass is 622 g/mol. The summed E-state index contributed by atoms with van der Waals surface area (Å²) in [6, 6.07) is 0. The van der Waals surface area contributed by atoms with E-state index >= 15 is 0 Å². The van der Waals surface area contributed by atoms with Gasteiger partial charge in [-0.05, 0) is 0 Å². The smallest absolute Gasteiger partial charge is 1.00 e. The van der Waals surface area contributed by atoms with Gasteiger partial charge >= 0.3 is 189 Å². The largest absolute Gasteiger partial charge is 1.00 e. The number of hydrogen-bond donors (Lipinski definition) is 0. The molecule has 7 aliphatic rings. The summed E-state index contributed by atoms with van der Waals surface area (Å²) >= 11 is -0.786. The Bertz CT molecular complexity index is 748. The summed E-state index contributed by atoms with van der Waals surface area (Å²) in [7, 11) is 0. The zero-order chi connectivity index (χ0) is 19.1. The van der Waals surface area contributed by atoms with Gasteiger partial charge in [0.1, 0.15) is 0 Å². The summed E-state index contributed by atoms with van der Waals surface area (Å²) in [5.74, 6) is 5.77. The van der Waals surface area contributed by atoms with E-state index in [1.807, 2.05) is 0 Å². The zero-order valence-electron chi connectivity index (χ0n) is 18.6. The van der Waals surface area contributed by atoms with Gasteiger partial charge in [0.25, 0.3) is 0 Å². The molecule has 1 saturated heterocycles. The third kappa shape index (κ3) is 3.07. The Labute approximate surface area is 213 Å². The minimum Gasteiger partial charge on any atom is -1.00 e. The molecule has 1 heterocycles. The molecule has 0 radical (unpaired) electrons. The topological polar surface area (TPSA) is 0 Å². The van der Waals surface area contributed by atoms with Crippen molar-refractivity contribution in [3.63, 3.8) is 0 Å². The fourth-order valence-electron chi connectivity index (χ4n) is 10.2. The van der Waals surface area contributed by atoms with Gasteiger partial charge in [-0.2, -0.15) is 0 Å². The molecule has 0 aromatic carbocycles. The maximum Gasteiger partial charge on any atom is -1.00 e. The molecule has 4 saturated carbocycles. The molecular weight excluding hydrogens is 586 g/mol. The molecule has 0 bridgehead atoms. The Hall–Kier alpha value is 0.410. The van der Waals surface area contributed by atoms with Crippen molar-refractivity contribution in [1.82, 2.24) is 0 Å². The van der Waals surface area contributed by atoms with E-state index in [1.54, 1.807) is 51.4 Å². The zero-order valence-corrected chi connectivity index (χ0v) is 23.7. The maximum atomic E-state index is 2.71. The predicted octanol–water partition coefficient (Wildman–Crippen LogP) is 1.54. The van der Waals surface area contributed by atoms with E-state index in [0.29, 0.717) is 0 Å². The minimum absolute atomic E-state index is 0. The molecule has 0 aromatic rings. The second kappa shape index (κ2) is 8.57. The molecule has 6 aliphatic carbocycles. The van der Waals surface area contributed by atoms with Gasteiger partial charge < -0.3 is 24.8 Å². The average Bonchev–Trinajstić information content (AvgIpc) is 3.17. The van der Waals surface area contributed by atoms with Gasteiger partial charge in [-0.1, -0.05) is 0 Å². The second-order valence-electron chi connectivity index (χ2n) is 11.6. The first-order valence-corrected chi connectivity index (χ1v) is 16.9. The number of allylic oxidation sites excluding steroid dienone is 8. The molecule has 2 spiro atoms. The second-order valence-corrected chi connectivity index (χ2v) is 17.3. The van der Waals surface area contributed by atoms with Crippen LogP contribution in [0.15, 0.2) is 48.6 Å². The number of halogens is 2. The molecule has 0 nitrogen and oxygen atoms in total. The summed E-state index contributed by atoms with van der Waals surface area (Å²) in [6.45, 7) is 0. The van der Waals surface area contributed by atoms with Crippen LogP contribution in [-0.2, 0) is 22.9 Å². The SMILES string of the molecule is C1=CC2C(C=C1)[CH]1[Hf+2][CH]3C4C=CC=CC4C4CCCCC43CCC13CCCCC23.[Cl-].[Cl-]. The van der Waals surface area contributed by atoms with Crippen molar-refractivity contribution in [3.8, 4) is 0 Å². The van der Waals surface area contributed by atoms with E-state index in [2.05, 4.69) is 48.6 Å². The van der Waals surface area contributed by atoms with Crippen LogP contribution in [0.25, 0.3) is 0 Å². The summed E-state index contributed by atoms with van der Waals surface area (Å²) in [4.78, 5) is 0. The van der Waals surface area contributed by atoms with Gasteiger partial charge in [-0.25, -0.2) is 0 Å². The van der Waals surface area contributed by atoms with Gasteiger partial charge in [-0.15, -0.1) is 0 Å². The van der Waals surface area contributed by atoms with Crippen LogP contribution in [0.4, 0.5) is 0 Å². The van der Waals surface area contributed by atoms with Crippen LogP contribution >= 0.6 is 0 Å². The normalized spacial score (nSPS) is 52.4. The molecule has 0 amide bonds. The van der Waals surface area contributed by atoms with Gasteiger partial charge in [-0.3, -0.25) is 0 Å². The van der Waals surface area contributed by atoms with Crippen molar-refractivity contribution in [3.05, 3.63) is 48.6 Å². The van der Waals surface area contributed by atoms with E-state index in [0.717, 1.165) is 53.7 Å².